The number of carbonyl (C=O) groups excluding carboxylic acids is 1. The molecule has 0 aliphatic rings. The Bertz CT molecular complexity index is 1380. The molecule has 144 valence electrons. The molecule has 0 spiro atoms. The van der Waals surface area contributed by atoms with Crippen LogP contribution in [-0.2, 0) is 4.79 Å². The van der Waals surface area contributed by atoms with Gasteiger partial charge in [-0.2, -0.15) is 0 Å². The van der Waals surface area contributed by atoms with E-state index < -0.39 is 0 Å². The predicted octanol–water partition coefficient (Wildman–Crippen LogP) is 5.26. The molecule has 2 aromatic carbocycles. The van der Waals surface area contributed by atoms with E-state index in [-0.39, 0.29) is 11.2 Å². The molecule has 3 heterocycles. The Labute approximate surface area is 178 Å². The van der Waals surface area contributed by atoms with Gasteiger partial charge in [0.15, 0.2) is 15.9 Å². The number of thiazole rings is 1. The van der Waals surface area contributed by atoms with Gasteiger partial charge in [-0.05, 0) is 48.7 Å². The van der Waals surface area contributed by atoms with Crippen molar-refractivity contribution in [2.24, 2.45) is 0 Å². The fourth-order valence-corrected chi connectivity index (χ4v) is 5.07. The molecule has 29 heavy (non-hydrogen) atoms. The second-order valence-electron chi connectivity index (χ2n) is 6.45. The van der Waals surface area contributed by atoms with Gasteiger partial charge in [-0.25, -0.2) is 4.98 Å². The number of amides is 1. The lowest BCUT2D eigenvalue weighted by Crippen LogP contribution is -2.22. The summed E-state index contributed by atoms with van der Waals surface area (Å²) < 4.78 is 2.91. The molecule has 1 atom stereocenters. The zero-order chi connectivity index (χ0) is 20.0. The van der Waals surface area contributed by atoms with Crippen LogP contribution in [0.4, 0.5) is 5.13 Å². The third kappa shape index (κ3) is 3.43. The summed E-state index contributed by atoms with van der Waals surface area (Å²) >= 11 is 8.79. The van der Waals surface area contributed by atoms with Crippen LogP contribution in [0.25, 0.3) is 26.8 Å². The largest absolute Gasteiger partial charge is 0.301 e. The fraction of sp³-hybridized carbons (Fsp3) is 0.100. The topological polar surface area (TPSA) is 72.2 Å². The van der Waals surface area contributed by atoms with E-state index in [0.29, 0.717) is 15.3 Å². The van der Waals surface area contributed by atoms with Gasteiger partial charge in [0.2, 0.25) is 5.91 Å². The number of carbonyl (C=O) groups is 1. The van der Waals surface area contributed by atoms with Crippen molar-refractivity contribution >= 4 is 72.5 Å². The highest BCUT2D eigenvalue weighted by molar-refractivity contribution is 8.00. The summed E-state index contributed by atoms with van der Waals surface area (Å²) in [4.78, 5) is 17.2. The van der Waals surface area contributed by atoms with E-state index in [2.05, 4.69) is 20.5 Å². The lowest BCUT2D eigenvalue weighted by atomic mass is 10.2. The number of fused-ring (bicyclic) bond motifs is 4. The summed E-state index contributed by atoms with van der Waals surface area (Å²) in [5.74, 6) is -0.142. The van der Waals surface area contributed by atoms with E-state index in [1.54, 1.807) is 6.07 Å². The molecule has 0 aliphatic heterocycles. The number of anilines is 1. The first kappa shape index (κ1) is 18.4. The number of halogens is 1. The average Bonchev–Trinajstić information content (AvgIpc) is 3.31. The van der Waals surface area contributed by atoms with Gasteiger partial charge in [-0.15, -0.1) is 10.2 Å². The van der Waals surface area contributed by atoms with Crippen LogP contribution in [-0.4, -0.2) is 30.7 Å². The number of thioether (sulfide) groups is 1. The van der Waals surface area contributed by atoms with Gasteiger partial charge in [0, 0.05) is 5.02 Å². The SMILES string of the molecule is CC(Sc1nnc2ccc3ccccc3n12)C(=O)Nc1nc2ccc(Cl)cc2s1. The van der Waals surface area contributed by atoms with Crippen molar-refractivity contribution in [3.05, 3.63) is 59.6 Å². The Balaban J connectivity index is 1.40. The number of nitrogens with one attached hydrogen (secondary N) is 1. The van der Waals surface area contributed by atoms with Crippen molar-refractivity contribution in [3.63, 3.8) is 0 Å². The molecular weight excluding hydrogens is 426 g/mol. The van der Waals surface area contributed by atoms with Crippen molar-refractivity contribution in [1.29, 1.82) is 0 Å². The Morgan fingerprint density at radius 2 is 2.03 bits per heavy atom. The molecule has 0 saturated carbocycles. The molecule has 0 fully saturated rings. The highest BCUT2D eigenvalue weighted by Crippen LogP contribution is 2.30. The van der Waals surface area contributed by atoms with Gasteiger partial charge >= 0.3 is 0 Å². The summed E-state index contributed by atoms with van der Waals surface area (Å²) in [5, 5.41) is 14.0. The van der Waals surface area contributed by atoms with Crippen molar-refractivity contribution in [2.45, 2.75) is 17.3 Å². The minimum absolute atomic E-state index is 0.142. The van der Waals surface area contributed by atoms with Crippen LogP contribution in [0.1, 0.15) is 6.92 Å². The van der Waals surface area contributed by atoms with Gasteiger partial charge in [-0.1, -0.05) is 52.9 Å². The van der Waals surface area contributed by atoms with Gasteiger partial charge in [-0.3, -0.25) is 9.20 Å². The van der Waals surface area contributed by atoms with Gasteiger partial charge < -0.3 is 5.32 Å². The summed E-state index contributed by atoms with van der Waals surface area (Å²) in [6.07, 6.45) is 0. The smallest absolute Gasteiger partial charge is 0.239 e. The van der Waals surface area contributed by atoms with Crippen LogP contribution in [0.5, 0.6) is 0 Å². The lowest BCUT2D eigenvalue weighted by molar-refractivity contribution is -0.115. The van der Waals surface area contributed by atoms with E-state index in [9.17, 15) is 4.79 Å². The number of hydrogen-bond acceptors (Lipinski definition) is 6. The van der Waals surface area contributed by atoms with E-state index in [1.165, 1.54) is 23.1 Å². The molecule has 0 bridgehead atoms. The second-order valence-corrected chi connectivity index (χ2v) is 9.22. The monoisotopic (exact) mass is 439 g/mol. The van der Waals surface area contributed by atoms with Gasteiger partial charge in [0.25, 0.3) is 0 Å². The zero-order valence-corrected chi connectivity index (χ0v) is 17.6. The molecule has 1 N–H and O–H groups in total. The Hall–Kier alpha value is -2.68. The summed E-state index contributed by atoms with van der Waals surface area (Å²) in [5.41, 5.74) is 2.57. The van der Waals surface area contributed by atoms with Crippen molar-refractivity contribution in [3.8, 4) is 0 Å². The third-order valence-corrected chi connectivity index (χ3v) is 6.69. The maximum atomic E-state index is 12.7. The van der Waals surface area contributed by atoms with E-state index in [0.717, 1.165) is 26.8 Å². The molecule has 6 nitrogen and oxygen atoms in total. The first-order chi connectivity index (χ1) is 14.1. The maximum Gasteiger partial charge on any atom is 0.239 e. The number of hydrogen-bond donors (Lipinski definition) is 1. The summed E-state index contributed by atoms with van der Waals surface area (Å²) in [7, 11) is 0. The van der Waals surface area contributed by atoms with Crippen LogP contribution in [0.15, 0.2) is 59.8 Å². The number of rotatable bonds is 4. The van der Waals surface area contributed by atoms with Crippen LogP contribution < -0.4 is 5.32 Å². The summed E-state index contributed by atoms with van der Waals surface area (Å²) in [6.45, 7) is 1.84. The first-order valence-electron chi connectivity index (χ1n) is 8.85. The molecule has 0 aliphatic carbocycles. The molecule has 1 unspecified atom stereocenters. The minimum atomic E-state index is -0.378. The Morgan fingerprint density at radius 3 is 2.93 bits per heavy atom. The standard InChI is InChI=1S/C20H14ClN5OS2/c1-11(18(27)23-19-22-14-8-7-13(21)10-16(14)29-19)28-20-25-24-17-9-6-12-4-2-3-5-15(12)26(17)20/h2-11H,1H3,(H,22,23,27). The molecule has 3 aromatic heterocycles. The number of pyridine rings is 1. The van der Waals surface area contributed by atoms with E-state index >= 15 is 0 Å². The maximum absolute atomic E-state index is 12.7. The molecule has 1 amide bonds. The number of nitrogens with zero attached hydrogens (tertiary/aromatic N) is 4. The zero-order valence-electron chi connectivity index (χ0n) is 15.2. The molecule has 0 radical (unpaired) electrons. The van der Waals surface area contributed by atoms with Crippen LogP contribution >= 0.6 is 34.7 Å². The highest BCUT2D eigenvalue weighted by Gasteiger charge is 2.20. The highest BCUT2D eigenvalue weighted by atomic mass is 35.5. The van der Waals surface area contributed by atoms with Crippen LogP contribution in [0.2, 0.25) is 5.02 Å². The molecular formula is C20H14ClN5OS2. The quantitative estimate of drug-likeness (QED) is 0.386. The van der Waals surface area contributed by atoms with E-state index in [4.69, 9.17) is 11.6 Å². The summed E-state index contributed by atoms with van der Waals surface area (Å²) in [6, 6.07) is 17.4. The van der Waals surface area contributed by atoms with Gasteiger partial charge in [0.1, 0.15) is 0 Å². The predicted molar refractivity (Wildman–Crippen MR) is 119 cm³/mol. The minimum Gasteiger partial charge on any atom is -0.301 e. The fourth-order valence-electron chi connectivity index (χ4n) is 3.06. The lowest BCUT2D eigenvalue weighted by Gasteiger charge is -2.10. The Morgan fingerprint density at radius 1 is 1.17 bits per heavy atom. The third-order valence-electron chi connectivity index (χ3n) is 4.48. The molecule has 0 saturated heterocycles. The van der Waals surface area contributed by atoms with Crippen LogP contribution in [0, 0.1) is 0 Å². The Kier molecular flexibility index (Phi) is 4.61. The van der Waals surface area contributed by atoms with Crippen molar-refractivity contribution in [2.75, 3.05) is 5.32 Å². The van der Waals surface area contributed by atoms with Crippen molar-refractivity contribution < 1.29 is 4.79 Å². The number of aromatic nitrogens is 4. The second kappa shape index (κ2) is 7.29. The van der Waals surface area contributed by atoms with Gasteiger partial charge in [0.05, 0.1) is 21.0 Å². The molecule has 5 rings (SSSR count). The van der Waals surface area contributed by atoms with Crippen molar-refractivity contribution in [1.82, 2.24) is 19.6 Å². The van der Waals surface area contributed by atoms with Crippen LogP contribution in [0.3, 0.4) is 0 Å². The average molecular weight is 440 g/mol. The number of para-hydroxylation sites is 1. The number of benzene rings is 2. The normalized spacial score (nSPS) is 12.6. The first-order valence-corrected chi connectivity index (χ1v) is 10.9. The van der Waals surface area contributed by atoms with E-state index in [1.807, 2.05) is 59.9 Å². The molecule has 5 aromatic rings. The molecule has 9 heteroatoms.